The van der Waals surface area contributed by atoms with Gasteiger partial charge in [0.15, 0.2) is 0 Å². The number of carbonyl (C=O) groups excluding carboxylic acids is 1. The number of amides is 1. The molecule has 1 saturated heterocycles. The molecule has 0 spiro atoms. The Morgan fingerprint density at radius 2 is 1.83 bits per heavy atom. The Morgan fingerprint density at radius 1 is 1.22 bits per heavy atom. The van der Waals surface area contributed by atoms with Gasteiger partial charge in [-0.2, -0.15) is 0 Å². The maximum atomic E-state index is 11.5. The predicted molar refractivity (Wildman–Crippen MR) is 75.9 cm³/mol. The van der Waals surface area contributed by atoms with Crippen molar-refractivity contribution < 1.29 is 14.3 Å². The van der Waals surface area contributed by atoms with E-state index in [9.17, 15) is 4.79 Å². The molecule has 0 aliphatic carbocycles. The Bertz CT molecular complexity index is 518. The first-order valence-electron chi connectivity index (χ1n) is 5.10. The zero-order chi connectivity index (χ0) is 13.1. The molecule has 0 atom stereocenters. The summed E-state index contributed by atoms with van der Waals surface area (Å²) in [7, 11) is 3.16. The number of rotatable bonds is 3. The van der Waals surface area contributed by atoms with Crippen LogP contribution >= 0.6 is 24.0 Å². The van der Waals surface area contributed by atoms with Crippen LogP contribution in [-0.2, 0) is 4.79 Å². The maximum Gasteiger partial charge on any atom is 0.263 e. The first kappa shape index (κ1) is 12.9. The molecule has 18 heavy (non-hydrogen) atoms. The Balaban J connectivity index is 2.36. The molecular weight excluding hydrogens is 270 g/mol. The van der Waals surface area contributed by atoms with Crippen LogP contribution in [0.2, 0.25) is 0 Å². The van der Waals surface area contributed by atoms with Gasteiger partial charge in [0.05, 0.1) is 19.1 Å². The molecule has 0 bridgehead atoms. The van der Waals surface area contributed by atoms with E-state index < -0.39 is 0 Å². The van der Waals surface area contributed by atoms with E-state index in [1.807, 2.05) is 12.1 Å². The largest absolute Gasteiger partial charge is 0.497 e. The molecule has 0 saturated carbocycles. The van der Waals surface area contributed by atoms with Crippen molar-refractivity contribution in [2.24, 2.45) is 0 Å². The first-order chi connectivity index (χ1) is 8.62. The van der Waals surface area contributed by atoms with Crippen molar-refractivity contribution in [3.8, 4) is 11.5 Å². The third kappa shape index (κ3) is 2.83. The normalized spacial score (nSPS) is 16.9. The Hall–Kier alpha value is -1.53. The van der Waals surface area contributed by atoms with Crippen LogP contribution < -0.4 is 14.8 Å². The molecule has 1 amide bonds. The zero-order valence-corrected chi connectivity index (χ0v) is 11.5. The molecule has 1 N–H and O–H groups in total. The molecule has 1 aliphatic heterocycles. The highest BCUT2D eigenvalue weighted by molar-refractivity contribution is 8.26. The number of hydrogen-bond acceptors (Lipinski definition) is 5. The van der Waals surface area contributed by atoms with E-state index in [0.29, 0.717) is 20.7 Å². The summed E-state index contributed by atoms with van der Waals surface area (Å²) in [6.45, 7) is 0. The average molecular weight is 281 g/mol. The van der Waals surface area contributed by atoms with E-state index in [4.69, 9.17) is 21.7 Å². The van der Waals surface area contributed by atoms with Gasteiger partial charge in [-0.1, -0.05) is 24.0 Å². The van der Waals surface area contributed by atoms with Crippen LogP contribution in [0.5, 0.6) is 11.5 Å². The van der Waals surface area contributed by atoms with E-state index in [-0.39, 0.29) is 5.91 Å². The molecule has 1 aromatic rings. The SMILES string of the molecule is COc1cc(/C=C2\SC(=S)NC2=O)cc(OC)c1. The summed E-state index contributed by atoms with van der Waals surface area (Å²) in [5.74, 6) is 1.17. The molecule has 6 heteroatoms. The number of carbonyl (C=O) groups is 1. The third-order valence-corrected chi connectivity index (χ3v) is 3.48. The molecule has 4 nitrogen and oxygen atoms in total. The highest BCUT2D eigenvalue weighted by Crippen LogP contribution is 2.29. The minimum Gasteiger partial charge on any atom is -0.497 e. The van der Waals surface area contributed by atoms with Gasteiger partial charge in [-0.15, -0.1) is 0 Å². The third-order valence-electron chi connectivity index (χ3n) is 2.31. The van der Waals surface area contributed by atoms with Gasteiger partial charge in [-0.05, 0) is 23.8 Å². The number of benzene rings is 1. The van der Waals surface area contributed by atoms with Crippen molar-refractivity contribution in [3.05, 3.63) is 28.7 Å². The second-order valence-electron chi connectivity index (χ2n) is 3.50. The molecule has 1 heterocycles. The molecule has 0 radical (unpaired) electrons. The van der Waals surface area contributed by atoms with Crippen LogP contribution in [0.25, 0.3) is 6.08 Å². The molecule has 1 aromatic carbocycles. The van der Waals surface area contributed by atoms with Crippen molar-refractivity contribution >= 4 is 40.3 Å². The smallest absolute Gasteiger partial charge is 0.263 e. The molecular formula is C12H11NO3S2. The number of nitrogens with one attached hydrogen (secondary N) is 1. The zero-order valence-electron chi connectivity index (χ0n) is 9.85. The molecule has 1 fully saturated rings. The van der Waals surface area contributed by atoms with Crippen molar-refractivity contribution in [1.82, 2.24) is 5.32 Å². The van der Waals surface area contributed by atoms with Crippen molar-refractivity contribution in [1.29, 1.82) is 0 Å². The van der Waals surface area contributed by atoms with Crippen LogP contribution in [-0.4, -0.2) is 24.4 Å². The summed E-state index contributed by atoms with van der Waals surface area (Å²) >= 11 is 6.17. The van der Waals surface area contributed by atoms with Gasteiger partial charge in [-0.3, -0.25) is 4.79 Å². The summed E-state index contributed by atoms with van der Waals surface area (Å²) in [6, 6.07) is 5.42. The van der Waals surface area contributed by atoms with Gasteiger partial charge in [-0.25, -0.2) is 0 Å². The van der Waals surface area contributed by atoms with Crippen LogP contribution in [0.1, 0.15) is 5.56 Å². The van der Waals surface area contributed by atoms with Crippen molar-refractivity contribution in [3.63, 3.8) is 0 Å². The topological polar surface area (TPSA) is 47.6 Å². The molecule has 2 rings (SSSR count). The van der Waals surface area contributed by atoms with Gasteiger partial charge in [0.1, 0.15) is 15.8 Å². The lowest BCUT2D eigenvalue weighted by atomic mass is 10.2. The fraction of sp³-hybridized carbons (Fsp3) is 0.167. The predicted octanol–water partition coefficient (Wildman–Crippen LogP) is 2.19. The minimum absolute atomic E-state index is 0.174. The lowest BCUT2D eigenvalue weighted by Crippen LogP contribution is -2.17. The second-order valence-corrected chi connectivity index (χ2v) is 5.22. The number of hydrogen-bond donors (Lipinski definition) is 1. The summed E-state index contributed by atoms with van der Waals surface area (Å²) in [4.78, 5) is 12.1. The van der Waals surface area contributed by atoms with Gasteiger partial charge >= 0.3 is 0 Å². The minimum atomic E-state index is -0.174. The van der Waals surface area contributed by atoms with Crippen LogP contribution in [0.3, 0.4) is 0 Å². The van der Waals surface area contributed by atoms with E-state index in [1.165, 1.54) is 11.8 Å². The van der Waals surface area contributed by atoms with Crippen LogP contribution in [0.15, 0.2) is 23.1 Å². The number of thiocarbonyl (C=S) groups is 1. The standard InChI is InChI=1S/C12H11NO3S2/c1-15-8-3-7(4-9(6-8)16-2)5-10-11(14)13-12(17)18-10/h3-6H,1-2H3,(H,13,14,17)/b10-5-. The van der Waals surface area contributed by atoms with E-state index in [2.05, 4.69) is 5.32 Å². The van der Waals surface area contributed by atoms with Crippen molar-refractivity contribution in [2.45, 2.75) is 0 Å². The summed E-state index contributed by atoms with van der Waals surface area (Å²) in [5, 5.41) is 2.57. The summed E-state index contributed by atoms with van der Waals surface area (Å²) in [6.07, 6.45) is 1.75. The molecule has 94 valence electrons. The van der Waals surface area contributed by atoms with Gasteiger partial charge < -0.3 is 14.8 Å². The lowest BCUT2D eigenvalue weighted by molar-refractivity contribution is -0.115. The van der Waals surface area contributed by atoms with E-state index in [1.54, 1.807) is 26.4 Å². The van der Waals surface area contributed by atoms with Crippen LogP contribution in [0, 0.1) is 0 Å². The summed E-state index contributed by atoms with van der Waals surface area (Å²) in [5.41, 5.74) is 0.827. The highest BCUT2D eigenvalue weighted by Gasteiger charge is 2.22. The lowest BCUT2D eigenvalue weighted by Gasteiger charge is -2.06. The Labute approximate surface area is 114 Å². The fourth-order valence-electron chi connectivity index (χ4n) is 1.49. The number of ether oxygens (including phenoxy) is 2. The fourth-order valence-corrected chi connectivity index (χ4v) is 2.53. The molecule has 0 aromatic heterocycles. The summed E-state index contributed by atoms with van der Waals surface area (Å²) < 4.78 is 10.8. The van der Waals surface area contributed by atoms with Gasteiger partial charge in [0.2, 0.25) is 0 Å². The average Bonchev–Trinajstić information content (AvgIpc) is 2.67. The van der Waals surface area contributed by atoms with Crippen molar-refractivity contribution in [2.75, 3.05) is 14.2 Å². The Morgan fingerprint density at radius 3 is 2.28 bits per heavy atom. The monoisotopic (exact) mass is 281 g/mol. The van der Waals surface area contributed by atoms with Gasteiger partial charge in [0, 0.05) is 6.07 Å². The maximum absolute atomic E-state index is 11.5. The van der Waals surface area contributed by atoms with E-state index in [0.717, 1.165) is 5.56 Å². The number of methoxy groups -OCH3 is 2. The number of thioether (sulfide) groups is 1. The van der Waals surface area contributed by atoms with Crippen LogP contribution in [0.4, 0.5) is 0 Å². The van der Waals surface area contributed by atoms with E-state index >= 15 is 0 Å². The quantitative estimate of drug-likeness (QED) is 0.680. The Kier molecular flexibility index (Phi) is 3.88. The highest BCUT2D eigenvalue weighted by atomic mass is 32.2. The van der Waals surface area contributed by atoms with Gasteiger partial charge in [0.25, 0.3) is 5.91 Å². The second kappa shape index (κ2) is 5.41. The first-order valence-corrected chi connectivity index (χ1v) is 6.33. The molecule has 1 aliphatic rings. The molecule has 0 unspecified atom stereocenters.